The van der Waals surface area contributed by atoms with Crippen molar-refractivity contribution in [1.29, 1.82) is 0 Å². The zero-order valence-electron chi connectivity index (χ0n) is 13.2. The molecule has 1 N–H and O–H groups in total. The van der Waals surface area contributed by atoms with Crippen molar-refractivity contribution in [2.75, 3.05) is 13.6 Å². The molecule has 0 amide bonds. The van der Waals surface area contributed by atoms with Gasteiger partial charge in [0.25, 0.3) is 0 Å². The number of rotatable bonds is 6. The molecule has 0 aliphatic carbocycles. The van der Waals surface area contributed by atoms with Crippen LogP contribution < -0.4 is 5.32 Å². The molecule has 0 fully saturated rings. The van der Waals surface area contributed by atoms with E-state index < -0.39 is 10.0 Å². The van der Waals surface area contributed by atoms with Gasteiger partial charge < -0.3 is 5.32 Å². The maximum Gasteiger partial charge on any atom is 0.243 e. The van der Waals surface area contributed by atoms with E-state index >= 15 is 0 Å². The summed E-state index contributed by atoms with van der Waals surface area (Å²) in [6.45, 7) is 11.3. The first kappa shape index (κ1) is 17.6. The van der Waals surface area contributed by atoms with E-state index in [1.807, 2.05) is 40.0 Å². The molecule has 0 aliphatic rings. The molecule has 0 aromatic carbocycles. The minimum Gasteiger partial charge on any atom is -0.310 e. The minimum atomic E-state index is -3.40. The number of sulfonamides is 1. The van der Waals surface area contributed by atoms with Gasteiger partial charge in [-0.1, -0.05) is 34.6 Å². The largest absolute Gasteiger partial charge is 0.310 e. The number of thiophene rings is 1. The van der Waals surface area contributed by atoms with Crippen molar-refractivity contribution >= 4 is 21.4 Å². The van der Waals surface area contributed by atoms with Crippen LogP contribution in [0, 0.1) is 5.41 Å². The van der Waals surface area contributed by atoms with E-state index in [4.69, 9.17) is 0 Å². The molecule has 0 radical (unpaired) electrons. The molecule has 20 heavy (non-hydrogen) atoms. The van der Waals surface area contributed by atoms with Gasteiger partial charge in [0.1, 0.15) is 0 Å². The minimum absolute atomic E-state index is 0.0613. The first-order chi connectivity index (χ1) is 9.04. The summed E-state index contributed by atoms with van der Waals surface area (Å²) in [6, 6.07) is 2.04. The average Bonchev–Trinajstić information content (AvgIpc) is 2.72. The molecule has 0 spiro atoms. The number of nitrogens with zero attached hydrogens (tertiary/aromatic N) is 1. The molecule has 0 aliphatic heterocycles. The van der Waals surface area contributed by atoms with Crippen molar-refractivity contribution in [1.82, 2.24) is 9.62 Å². The lowest BCUT2D eigenvalue weighted by molar-refractivity contribution is 0.310. The Morgan fingerprint density at radius 1 is 1.35 bits per heavy atom. The Morgan fingerprint density at radius 2 is 1.95 bits per heavy atom. The summed E-state index contributed by atoms with van der Waals surface area (Å²) in [4.78, 5) is 1.31. The van der Waals surface area contributed by atoms with Crippen molar-refractivity contribution in [3.8, 4) is 0 Å². The average molecular weight is 319 g/mol. The Balaban J connectivity index is 2.96. The third-order valence-corrected chi connectivity index (χ3v) is 5.70. The smallest absolute Gasteiger partial charge is 0.243 e. The van der Waals surface area contributed by atoms with Gasteiger partial charge in [0, 0.05) is 31.1 Å². The highest BCUT2D eigenvalue weighted by Gasteiger charge is 2.27. The maximum absolute atomic E-state index is 12.6. The van der Waals surface area contributed by atoms with Crippen LogP contribution in [-0.2, 0) is 16.6 Å². The van der Waals surface area contributed by atoms with Crippen molar-refractivity contribution in [2.24, 2.45) is 5.41 Å². The third kappa shape index (κ3) is 4.84. The van der Waals surface area contributed by atoms with Crippen molar-refractivity contribution in [3.63, 3.8) is 0 Å². The SMILES string of the molecule is CC(C)NCc1sccc1S(=O)(=O)N(C)CC(C)(C)C. The van der Waals surface area contributed by atoms with Crippen molar-refractivity contribution in [2.45, 2.75) is 52.1 Å². The summed E-state index contributed by atoms with van der Waals surface area (Å²) >= 11 is 1.49. The first-order valence-electron chi connectivity index (χ1n) is 6.80. The Kier molecular flexibility index (Phi) is 5.78. The molecular formula is C14H26N2O2S2. The van der Waals surface area contributed by atoms with Gasteiger partial charge in [-0.2, -0.15) is 0 Å². The second-order valence-electron chi connectivity index (χ2n) is 6.57. The Morgan fingerprint density at radius 3 is 2.45 bits per heavy atom. The van der Waals surface area contributed by atoms with Crippen LogP contribution in [-0.4, -0.2) is 32.4 Å². The van der Waals surface area contributed by atoms with E-state index in [2.05, 4.69) is 5.32 Å². The van der Waals surface area contributed by atoms with E-state index in [0.29, 0.717) is 24.0 Å². The molecule has 6 heteroatoms. The molecule has 1 aromatic rings. The molecule has 1 aromatic heterocycles. The lowest BCUT2D eigenvalue weighted by atomic mass is 9.97. The molecule has 116 valence electrons. The molecule has 0 unspecified atom stereocenters. The summed E-state index contributed by atoms with van der Waals surface area (Å²) in [5, 5.41) is 5.12. The molecule has 0 atom stereocenters. The van der Waals surface area contributed by atoms with E-state index in [0.717, 1.165) is 4.88 Å². The molecular weight excluding hydrogens is 292 g/mol. The van der Waals surface area contributed by atoms with E-state index in [1.165, 1.54) is 15.6 Å². The summed E-state index contributed by atoms with van der Waals surface area (Å²) in [5.41, 5.74) is -0.0613. The zero-order chi connectivity index (χ0) is 15.6. The molecule has 1 rings (SSSR count). The predicted octanol–water partition coefficient (Wildman–Crippen LogP) is 2.91. The highest BCUT2D eigenvalue weighted by molar-refractivity contribution is 7.89. The fourth-order valence-electron chi connectivity index (χ4n) is 1.91. The maximum atomic E-state index is 12.6. The summed E-state index contributed by atoms with van der Waals surface area (Å²) in [7, 11) is -1.75. The highest BCUT2D eigenvalue weighted by atomic mass is 32.2. The van der Waals surface area contributed by atoms with E-state index in [-0.39, 0.29) is 5.41 Å². The lowest BCUT2D eigenvalue weighted by Crippen LogP contribution is -2.35. The lowest BCUT2D eigenvalue weighted by Gasteiger charge is -2.26. The summed E-state index contributed by atoms with van der Waals surface area (Å²) in [6.07, 6.45) is 0. The molecule has 0 bridgehead atoms. The fourth-order valence-corrected chi connectivity index (χ4v) is 4.66. The summed E-state index contributed by atoms with van der Waals surface area (Å²) < 4.78 is 26.7. The van der Waals surface area contributed by atoms with Gasteiger partial charge in [-0.25, -0.2) is 12.7 Å². The van der Waals surface area contributed by atoms with Gasteiger partial charge in [-0.05, 0) is 16.9 Å². The van der Waals surface area contributed by atoms with Crippen LogP contribution in [0.5, 0.6) is 0 Å². The van der Waals surface area contributed by atoms with Crippen LogP contribution >= 0.6 is 11.3 Å². The monoisotopic (exact) mass is 318 g/mol. The quantitative estimate of drug-likeness (QED) is 0.877. The third-order valence-electron chi connectivity index (χ3n) is 2.76. The van der Waals surface area contributed by atoms with Gasteiger partial charge in [-0.3, -0.25) is 0 Å². The van der Waals surface area contributed by atoms with Gasteiger partial charge >= 0.3 is 0 Å². The Bertz CT molecular complexity index is 528. The Labute approximate surface area is 127 Å². The van der Waals surface area contributed by atoms with Crippen molar-refractivity contribution < 1.29 is 8.42 Å². The number of hydrogen-bond donors (Lipinski definition) is 1. The summed E-state index contributed by atoms with van der Waals surface area (Å²) in [5.74, 6) is 0. The van der Waals surface area contributed by atoms with Crippen molar-refractivity contribution in [3.05, 3.63) is 16.3 Å². The molecule has 4 nitrogen and oxygen atoms in total. The van der Waals surface area contributed by atoms with Crippen LogP contribution in [0.3, 0.4) is 0 Å². The zero-order valence-corrected chi connectivity index (χ0v) is 14.9. The van der Waals surface area contributed by atoms with E-state index in [9.17, 15) is 8.42 Å². The number of hydrogen-bond acceptors (Lipinski definition) is 4. The first-order valence-corrected chi connectivity index (χ1v) is 9.12. The topological polar surface area (TPSA) is 49.4 Å². The normalized spacial score (nSPS) is 13.4. The van der Waals surface area contributed by atoms with Crippen LogP contribution in [0.4, 0.5) is 0 Å². The second-order valence-corrected chi connectivity index (χ2v) is 9.58. The van der Waals surface area contributed by atoms with Gasteiger partial charge in [0.2, 0.25) is 10.0 Å². The van der Waals surface area contributed by atoms with Gasteiger partial charge in [0.05, 0.1) is 4.90 Å². The van der Waals surface area contributed by atoms with Gasteiger partial charge in [-0.15, -0.1) is 11.3 Å². The molecule has 1 heterocycles. The second kappa shape index (κ2) is 6.56. The van der Waals surface area contributed by atoms with Gasteiger partial charge in [0.15, 0.2) is 0 Å². The predicted molar refractivity (Wildman–Crippen MR) is 85.6 cm³/mol. The molecule has 0 saturated heterocycles. The van der Waals surface area contributed by atoms with Crippen LogP contribution in [0.1, 0.15) is 39.5 Å². The van der Waals surface area contributed by atoms with Crippen LogP contribution in [0.25, 0.3) is 0 Å². The van der Waals surface area contributed by atoms with E-state index in [1.54, 1.807) is 13.1 Å². The standard InChI is InChI=1S/C14H26N2O2S2/c1-11(2)15-9-12-13(7-8-19-12)20(17,18)16(6)10-14(3,4)5/h7-8,11,15H,9-10H2,1-6H3. The number of nitrogens with one attached hydrogen (secondary N) is 1. The van der Waals surface area contributed by atoms with Crippen LogP contribution in [0.2, 0.25) is 0 Å². The highest BCUT2D eigenvalue weighted by Crippen LogP contribution is 2.26. The molecule has 0 saturated carbocycles. The Hall–Kier alpha value is -0.430. The fraction of sp³-hybridized carbons (Fsp3) is 0.714. The van der Waals surface area contributed by atoms with Crippen LogP contribution in [0.15, 0.2) is 16.3 Å².